The van der Waals surface area contributed by atoms with E-state index in [1.807, 2.05) is 5.32 Å². The number of rotatable bonds is 3. The van der Waals surface area contributed by atoms with Crippen LogP contribution in [-0.4, -0.2) is 28.6 Å². The number of carboxylic acid groups (broad SMARTS) is 1. The highest BCUT2D eigenvalue weighted by Gasteiger charge is 2.22. The molecule has 0 saturated heterocycles. The third kappa shape index (κ3) is 2.93. The van der Waals surface area contributed by atoms with Crippen molar-refractivity contribution in [1.29, 1.82) is 0 Å². The molecule has 0 saturated carbocycles. The molecule has 0 aliphatic carbocycles. The van der Waals surface area contributed by atoms with Gasteiger partial charge in [0.05, 0.1) is 10.4 Å². The van der Waals surface area contributed by atoms with Crippen molar-refractivity contribution in [2.75, 3.05) is 6.54 Å². The highest BCUT2D eigenvalue weighted by Crippen LogP contribution is 2.33. The third-order valence-electron chi connectivity index (χ3n) is 2.53. The predicted octanol–water partition coefficient (Wildman–Crippen LogP) is 1.62. The predicted molar refractivity (Wildman–Crippen MR) is 74.1 cm³/mol. The molecule has 1 aromatic carbocycles. The molecule has 7 nitrogen and oxygen atoms in total. The first-order valence-electron chi connectivity index (χ1n) is 5.46. The van der Waals surface area contributed by atoms with Crippen molar-refractivity contribution in [2.45, 2.75) is 0 Å². The van der Waals surface area contributed by atoms with Crippen LogP contribution in [0.25, 0.3) is 11.0 Å². The number of carbonyl (C=O) groups excluding carboxylic acids is 1. The number of halogens is 2. The van der Waals surface area contributed by atoms with E-state index in [1.54, 1.807) is 0 Å². The van der Waals surface area contributed by atoms with Crippen LogP contribution in [0.5, 0.6) is 5.75 Å². The lowest BCUT2D eigenvalue weighted by Gasteiger charge is -2.07. The molecule has 0 spiro atoms. The zero-order chi connectivity index (χ0) is 15.7. The minimum Gasteiger partial charge on any atom is -0.506 e. The quantitative estimate of drug-likeness (QED) is 0.736. The van der Waals surface area contributed by atoms with Gasteiger partial charge in [-0.25, -0.2) is 4.79 Å². The molecule has 2 rings (SSSR count). The smallest absolute Gasteiger partial charge is 0.353 e. The first kappa shape index (κ1) is 15.1. The maximum atomic E-state index is 11.8. The van der Waals surface area contributed by atoms with Crippen LogP contribution in [0.3, 0.4) is 0 Å². The molecule has 110 valence electrons. The van der Waals surface area contributed by atoms with Gasteiger partial charge in [0.2, 0.25) is 0 Å². The summed E-state index contributed by atoms with van der Waals surface area (Å²) in [6.45, 7) is -0.716. The summed E-state index contributed by atoms with van der Waals surface area (Å²) in [5.74, 6) is -3.07. The van der Waals surface area contributed by atoms with E-state index >= 15 is 0 Å². The van der Waals surface area contributed by atoms with Gasteiger partial charge in [-0.05, 0) is 12.1 Å². The van der Waals surface area contributed by atoms with Crippen LogP contribution < -0.4 is 10.9 Å². The van der Waals surface area contributed by atoms with Gasteiger partial charge in [0.25, 0.3) is 5.91 Å². The molecule has 9 heteroatoms. The van der Waals surface area contributed by atoms with Gasteiger partial charge in [0, 0.05) is 5.02 Å². The Hall–Kier alpha value is -2.25. The maximum Gasteiger partial charge on any atom is 0.353 e. The molecule has 1 aromatic heterocycles. The van der Waals surface area contributed by atoms with Gasteiger partial charge in [-0.3, -0.25) is 9.59 Å². The van der Waals surface area contributed by atoms with Crippen LogP contribution >= 0.6 is 23.2 Å². The van der Waals surface area contributed by atoms with Gasteiger partial charge >= 0.3 is 11.6 Å². The molecule has 1 heterocycles. The molecule has 1 amide bonds. The van der Waals surface area contributed by atoms with Crippen molar-refractivity contribution in [1.82, 2.24) is 5.32 Å². The van der Waals surface area contributed by atoms with E-state index in [-0.39, 0.29) is 21.0 Å². The normalized spacial score (nSPS) is 10.6. The van der Waals surface area contributed by atoms with Crippen molar-refractivity contribution in [3.63, 3.8) is 0 Å². The molecular formula is C12H7Cl2NO6. The number of amides is 1. The van der Waals surface area contributed by atoms with Gasteiger partial charge in [-0.1, -0.05) is 23.2 Å². The van der Waals surface area contributed by atoms with Gasteiger partial charge in [-0.2, -0.15) is 0 Å². The Balaban J connectivity index is 2.63. The fourth-order valence-electron chi connectivity index (χ4n) is 1.66. The number of carboxylic acids is 1. The molecule has 0 atom stereocenters. The van der Waals surface area contributed by atoms with E-state index in [0.717, 1.165) is 0 Å². The summed E-state index contributed by atoms with van der Waals surface area (Å²) in [6.07, 6.45) is 0. The summed E-state index contributed by atoms with van der Waals surface area (Å²) in [5, 5.41) is 20.6. The standard InChI is InChI=1S/C12H7Cl2NO6/c13-4-1-5-9(18)8(11(19)15-3-7(16)17)12(20)21-10(5)6(14)2-4/h1-2,18H,3H2,(H,15,19)(H,16,17). The van der Waals surface area contributed by atoms with Crippen molar-refractivity contribution < 1.29 is 24.2 Å². The lowest BCUT2D eigenvalue weighted by Crippen LogP contribution is -2.32. The number of aliphatic carboxylic acids is 1. The lowest BCUT2D eigenvalue weighted by molar-refractivity contribution is -0.135. The van der Waals surface area contributed by atoms with Crippen LogP contribution in [0.2, 0.25) is 10.0 Å². The number of aromatic hydroxyl groups is 1. The van der Waals surface area contributed by atoms with E-state index in [4.69, 9.17) is 32.7 Å². The summed E-state index contributed by atoms with van der Waals surface area (Å²) in [5.41, 5.74) is -1.99. The van der Waals surface area contributed by atoms with Crippen molar-refractivity contribution >= 4 is 46.0 Å². The van der Waals surface area contributed by atoms with Crippen LogP contribution in [0.1, 0.15) is 10.4 Å². The fraction of sp³-hybridized carbons (Fsp3) is 0.0833. The molecule has 0 aliphatic heterocycles. The average molecular weight is 332 g/mol. The number of hydrogen-bond acceptors (Lipinski definition) is 5. The second-order valence-electron chi connectivity index (χ2n) is 3.95. The second kappa shape index (κ2) is 5.63. The maximum absolute atomic E-state index is 11.8. The SMILES string of the molecule is O=C(O)CNC(=O)c1c(O)c2cc(Cl)cc(Cl)c2oc1=O. The summed E-state index contributed by atoms with van der Waals surface area (Å²) >= 11 is 11.6. The molecular weight excluding hydrogens is 325 g/mol. The van der Waals surface area contributed by atoms with Crippen LogP contribution in [0, 0.1) is 0 Å². The highest BCUT2D eigenvalue weighted by molar-refractivity contribution is 6.38. The molecule has 21 heavy (non-hydrogen) atoms. The largest absolute Gasteiger partial charge is 0.506 e. The van der Waals surface area contributed by atoms with Gasteiger partial charge in [0.15, 0.2) is 11.1 Å². The summed E-state index contributed by atoms with van der Waals surface area (Å²) in [4.78, 5) is 33.9. The van der Waals surface area contributed by atoms with Gasteiger partial charge in [-0.15, -0.1) is 0 Å². The van der Waals surface area contributed by atoms with Crippen molar-refractivity contribution in [3.8, 4) is 5.75 Å². The number of fused-ring (bicyclic) bond motifs is 1. The second-order valence-corrected chi connectivity index (χ2v) is 4.80. The Labute approximate surface area is 126 Å². The molecule has 2 aromatic rings. The summed E-state index contributed by atoms with van der Waals surface area (Å²) < 4.78 is 4.87. The van der Waals surface area contributed by atoms with Gasteiger partial charge in [0.1, 0.15) is 12.3 Å². The Morgan fingerprint density at radius 2 is 1.95 bits per heavy atom. The number of hydrogen-bond donors (Lipinski definition) is 3. The van der Waals surface area contributed by atoms with Crippen LogP contribution in [0.15, 0.2) is 21.3 Å². The zero-order valence-corrected chi connectivity index (χ0v) is 11.7. The average Bonchev–Trinajstić information content (AvgIpc) is 2.38. The fourth-order valence-corrected chi connectivity index (χ4v) is 2.19. The first-order chi connectivity index (χ1) is 9.81. The van der Waals surface area contributed by atoms with Crippen LogP contribution in [-0.2, 0) is 4.79 Å². The summed E-state index contributed by atoms with van der Waals surface area (Å²) in [7, 11) is 0. The zero-order valence-electron chi connectivity index (χ0n) is 10.1. The highest BCUT2D eigenvalue weighted by atomic mass is 35.5. The monoisotopic (exact) mass is 331 g/mol. The Bertz CT molecular complexity index is 813. The Morgan fingerprint density at radius 3 is 2.57 bits per heavy atom. The van der Waals surface area contributed by atoms with E-state index in [2.05, 4.69) is 0 Å². The first-order valence-corrected chi connectivity index (χ1v) is 6.21. The number of benzene rings is 1. The van der Waals surface area contributed by atoms with E-state index < -0.39 is 35.4 Å². The molecule has 3 N–H and O–H groups in total. The molecule has 0 radical (unpaired) electrons. The lowest BCUT2D eigenvalue weighted by atomic mass is 10.1. The van der Waals surface area contributed by atoms with Crippen LogP contribution in [0.4, 0.5) is 0 Å². The van der Waals surface area contributed by atoms with Crippen molar-refractivity contribution in [2.24, 2.45) is 0 Å². The van der Waals surface area contributed by atoms with E-state index in [1.165, 1.54) is 12.1 Å². The third-order valence-corrected chi connectivity index (χ3v) is 3.03. The van der Waals surface area contributed by atoms with E-state index in [0.29, 0.717) is 0 Å². The minimum absolute atomic E-state index is 0.0117. The van der Waals surface area contributed by atoms with E-state index in [9.17, 15) is 19.5 Å². The number of nitrogens with one attached hydrogen (secondary N) is 1. The topological polar surface area (TPSA) is 117 Å². The molecule has 0 bridgehead atoms. The molecule has 0 aliphatic rings. The molecule has 0 fully saturated rings. The Kier molecular flexibility index (Phi) is 4.06. The van der Waals surface area contributed by atoms with Crippen molar-refractivity contribution in [3.05, 3.63) is 38.2 Å². The molecule has 0 unspecified atom stereocenters. The minimum atomic E-state index is -1.31. The number of carbonyl (C=O) groups is 2. The van der Waals surface area contributed by atoms with Gasteiger partial charge < -0.3 is 19.9 Å². The Morgan fingerprint density at radius 1 is 1.29 bits per heavy atom. The summed E-state index contributed by atoms with van der Waals surface area (Å²) in [6, 6.07) is 2.56.